The van der Waals surface area contributed by atoms with Crippen LogP contribution >= 0.6 is 0 Å². The summed E-state index contributed by atoms with van der Waals surface area (Å²) in [6.07, 6.45) is 2.93. The molecule has 0 spiro atoms. The molecule has 2 amide bonds. The highest BCUT2D eigenvalue weighted by Crippen LogP contribution is 2.26. The fourth-order valence-electron chi connectivity index (χ4n) is 5.15. The molecule has 1 saturated carbocycles. The normalized spacial score (nSPS) is 13.5. The Balaban J connectivity index is 1.35. The molecule has 0 aromatic heterocycles. The zero-order chi connectivity index (χ0) is 31.6. The molecule has 1 atom stereocenters. The van der Waals surface area contributed by atoms with E-state index in [1.807, 2.05) is 84.9 Å². The summed E-state index contributed by atoms with van der Waals surface area (Å²) in [5.74, 6) is 0.259. The van der Waals surface area contributed by atoms with E-state index in [1.54, 1.807) is 36.3 Å². The smallest absolute Gasteiger partial charge is 0.247 e. The Morgan fingerprint density at radius 3 is 2.02 bits per heavy atom. The second-order valence-electron chi connectivity index (χ2n) is 11.2. The minimum atomic E-state index is -3.55. The number of carbonyl (C=O) groups is 2. The van der Waals surface area contributed by atoms with Gasteiger partial charge in [0.25, 0.3) is 0 Å². The number of aryl methyl sites for hydroxylation is 1. The van der Waals surface area contributed by atoms with Gasteiger partial charge < -0.3 is 15.0 Å². The molecule has 0 bridgehead atoms. The standard InChI is InChI=1S/C36H39N3O5S/c1-44-32-19-12-29(13-20-32)26-39(34(40)23-16-28-14-21-33(22-15-28)45(42,43)38-31-17-18-31)35(30-10-6-3-7-11-30)36(41)37-25-24-27-8-4-2-5-9-27/h2-15,19-22,31,35,38H,16-18,23-26H2,1H3,(H,37,41)/t35-/m0/s1. The van der Waals surface area contributed by atoms with Gasteiger partial charge in [0.2, 0.25) is 21.8 Å². The third-order valence-electron chi connectivity index (χ3n) is 7.82. The lowest BCUT2D eigenvalue weighted by Crippen LogP contribution is -2.44. The Morgan fingerprint density at radius 2 is 1.40 bits per heavy atom. The topological polar surface area (TPSA) is 105 Å². The van der Waals surface area contributed by atoms with Gasteiger partial charge in [-0.25, -0.2) is 13.1 Å². The summed E-state index contributed by atoms with van der Waals surface area (Å²) in [5.41, 5.74) is 3.53. The van der Waals surface area contributed by atoms with Crippen LogP contribution in [0.5, 0.6) is 5.75 Å². The van der Waals surface area contributed by atoms with Gasteiger partial charge in [-0.15, -0.1) is 0 Å². The zero-order valence-corrected chi connectivity index (χ0v) is 26.2. The predicted molar refractivity (Wildman–Crippen MR) is 174 cm³/mol. The van der Waals surface area contributed by atoms with Gasteiger partial charge in [0.1, 0.15) is 11.8 Å². The predicted octanol–water partition coefficient (Wildman–Crippen LogP) is 5.20. The second-order valence-corrected chi connectivity index (χ2v) is 13.0. The van der Waals surface area contributed by atoms with Gasteiger partial charge >= 0.3 is 0 Å². The van der Waals surface area contributed by atoms with Crippen molar-refractivity contribution in [3.63, 3.8) is 0 Å². The van der Waals surface area contributed by atoms with Crippen LogP contribution in [0.1, 0.15) is 47.6 Å². The number of ether oxygens (including phenoxy) is 1. The molecule has 1 aliphatic carbocycles. The first-order valence-electron chi connectivity index (χ1n) is 15.2. The molecule has 9 heteroatoms. The summed E-state index contributed by atoms with van der Waals surface area (Å²) in [6, 6.07) is 32.5. The van der Waals surface area contributed by atoms with E-state index in [2.05, 4.69) is 10.0 Å². The van der Waals surface area contributed by atoms with Crippen LogP contribution in [-0.2, 0) is 39.0 Å². The summed E-state index contributed by atoms with van der Waals surface area (Å²) in [4.78, 5) is 29.7. The van der Waals surface area contributed by atoms with E-state index in [1.165, 1.54) is 0 Å². The van der Waals surface area contributed by atoms with E-state index in [0.717, 1.165) is 29.5 Å². The lowest BCUT2D eigenvalue weighted by molar-refractivity contribution is -0.141. The Bertz CT molecular complexity index is 1660. The number of hydrogen-bond donors (Lipinski definition) is 2. The summed E-state index contributed by atoms with van der Waals surface area (Å²) in [7, 11) is -1.95. The molecule has 0 radical (unpaired) electrons. The molecule has 1 aliphatic rings. The maximum Gasteiger partial charge on any atom is 0.247 e. The molecule has 2 N–H and O–H groups in total. The van der Waals surface area contributed by atoms with Crippen molar-refractivity contribution in [3.8, 4) is 5.75 Å². The van der Waals surface area contributed by atoms with Gasteiger partial charge in [0.15, 0.2) is 0 Å². The lowest BCUT2D eigenvalue weighted by Gasteiger charge is -2.32. The number of methoxy groups -OCH3 is 1. The number of rotatable bonds is 15. The molecule has 0 unspecified atom stereocenters. The van der Waals surface area contributed by atoms with Crippen molar-refractivity contribution in [3.05, 3.63) is 131 Å². The van der Waals surface area contributed by atoms with Gasteiger partial charge in [-0.1, -0.05) is 84.9 Å². The van der Waals surface area contributed by atoms with E-state index < -0.39 is 16.1 Å². The molecule has 0 saturated heterocycles. The number of nitrogens with zero attached hydrogens (tertiary/aromatic N) is 1. The van der Waals surface area contributed by atoms with Gasteiger partial charge in [0, 0.05) is 25.6 Å². The number of benzene rings is 4. The van der Waals surface area contributed by atoms with Crippen LogP contribution in [0.4, 0.5) is 0 Å². The van der Waals surface area contributed by atoms with Gasteiger partial charge in [0.05, 0.1) is 12.0 Å². The maximum absolute atomic E-state index is 14.0. The van der Waals surface area contributed by atoms with Crippen molar-refractivity contribution in [1.82, 2.24) is 14.9 Å². The molecule has 4 aromatic carbocycles. The van der Waals surface area contributed by atoms with Crippen molar-refractivity contribution < 1.29 is 22.7 Å². The van der Waals surface area contributed by atoms with Crippen LogP contribution in [0.15, 0.2) is 114 Å². The SMILES string of the molecule is COc1ccc(CN(C(=O)CCc2ccc(S(=O)(=O)NC3CC3)cc2)[C@H](C(=O)NCCc2ccccc2)c2ccccc2)cc1. The number of hydrogen-bond acceptors (Lipinski definition) is 5. The average molecular weight is 626 g/mol. The molecular formula is C36H39N3O5S. The Labute approximate surface area is 265 Å². The Kier molecular flexibility index (Phi) is 10.7. The van der Waals surface area contributed by atoms with E-state index >= 15 is 0 Å². The molecule has 234 valence electrons. The van der Waals surface area contributed by atoms with Gasteiger partial charge in [-0.3, -0.25) is 9.59 Å². The van der Waals surface area contributed by atoms with Gasteiger partial charge in [-0.2, -0.15) is 0 Å². The fraction of sp³-hybridized carbons (Fsp3) is 0.278. The summed E-state index contributed by atoms with van der Waals surface area (Å²) in [5, 5.41) is 3.07. The second kappa shape index (κ2) is 15.0. The van der Waals surface area contributed by atoms with E-state index in [4.69, 9.17) is 4.74 Å². The first kappa shape index (κ1) is 31.9. The third-order valence-corrected chi connectivity index (χ3v) is 9.36. The highest BCUT2D eigenvalue weighted by molar-refractivity contribution is 7.89. The Hall–Kier alpha value is -4.47. The van der Waals surface area contributed by atoms with Crippen LogP contribution in [0, 0.1) is 0 Å². The molecule has 0 aliphatic heterocycles. The number of carbonyl (C=O) groups excluding carboxylic acids is 2. The van der Waals surface area contributed by atoms with Crippen molar-refractivity contribution in [2.24, 2.45) is 0 Å². The Morgan fingerprint density at radius 1 is 0.800 bits per heavy atom. The van der Waals surface area contributed by atoms with Crippen molar-refractivity contribution >= 4 is 21.8 Å². The maximum atomic E-state index is 14.0. The molecule has 0 heterocycles. The van der Waals surface area contributed by atoms with Crippen LogP contribution in [-0.4, -0.2) is 44.8 Å². The highest BCUT2D eigenvalue weighted by atomic mass is 32.2. The van der Waals surface area contributed by atoms with E-state index in [-0.39, 0.29) is 35.7 Å². The summed E-state index contributed by atoms with van der Waals surface area (Å²) < 4.78 is 33.1. The van der Waals surface area contributed by atoms with Crippen molar-refractivity contribution in [1.29, 1.82) is 0 Å². The van der Waals surface area contributed by atoms with Crippen LogP contribution in [0.25, 0.3) is 0 Å². The number of sulfonamides is 1. The molecular weight excluding hydrogens is 586 g/mol. The zero-order valence-electron chi connectivity index (χ0n) is 25.4. The average Bonchev–Trinajstić information content (AvgIpc) is 3.88. The molecule has 45 heavy (non-hydrogen) atoms. The monoisotopic (exact) mass is 625 g/mol. The van der Waals surface area contributed by atoms with Crippen LogP contribution in [0.2, 0.25) is 0 Å². The summed E-state index contributed by atoms with van der Waals surface area (Å²) in [6.45, 7) is 0.653. The number of amides is 2. The minimum absolute atomic E-state index is 0.0251. The quantitative estimate of drug-likeness (QED) is 0.189. The molecule has 5 rings (SSSR count). The third kappa shape index (κ3) is 9.03. The lowest BCUT2D eigenvalue weighted by atomic mass is 10.0. The summed E-state index contributed by atoms with van der Waals surface area (Å²) >= 11 is 0. The van der Waals surface area contributed by atoms with Crippen LogP contribution < -0.4 is 14.8 Å². The molecule has 4 aromatic rings. The molecule has 8 nitrogen and oxygen atoms in total. The van der Waals surface area contributed by atoms with Crippen molar-refractivity contribution in [2.45, 2.75) is 55.6 Å². The number of nitrogens with one attached hydrogen (secondary N) is 2. The van der Waals surface area contributed by atoms with Crippen molar-refractivity contribution in [2.75, 3.05) is 13.7 Å². The van der Waals surface area contributed by atoms with E-state index in [0.29, 0.717) is 30.7 Å². The largest absolute Gasteiger partial charge is 0.497 e. The highest BCUT2D eigenvalue weighted by Gasteiger charge is 2.31. The first-order valence-corrected chi connectivity index (χ1v) is 16.7. The molecule has 1 fully saturated rings. The minimum Gasteiger partial charge on any atom is -0.497 e. The van der Waals surface area contributed by atoms with E-state index in [9.17, 15) is 18.0 Å². The van der Waals surface area contributed by atoms with Crippen LogP contribution in [0.3, 0.4) is 0 Å². The first-order chi connectivity index (χ1) is 21.8. The fourth-order valence-corrected chi connectivity index (χ4v) is 6.45. The van der Waals surface area contributed by atoms with Gasteiger partial charge in [-0.05, 0) is 72.2 Å².